The number of halogens is 1. The summed E-state index contributed by atoms with van der Waals surface area (Å²) in [6, 6.07) is 5.82. The molecule has 5 heterocycles. The van der Waals surface area contributed by atoms with Gasteiger partial charge in [-0.05, 0) is 31.0 Å². The summed E-state index contributed by atoms with van der Waals surface area (Å²) < 4.78 is 1.88. The first kappa shape index (κ1) is 15.5. The van der Waals surface area contributed by atoms with Crippen LogP contribution in [0.1, 0.15) is 18.9 Å². The number of imidazole rings is 1. The Morgan fingerprint density at radius 1 is 1.19 bits per heavy atom. The van der Waals surface area contributed by atoms with Gasteiger partial charge in [0.25, 0.3) is 0 Å². The van der Waals surface area contributed by atoms with Crippen molar-refractivity contribution in [2.75, 3.05) is 18.0 Å². The zero-order chi connectivity index (χ0) is 17.7. The molecule has 1 fully saturated rings. The average Bonchev–Trinajstić information content (AvgIpc) is 3.25. The number of nitrogens with zero attached hydrogens (tertiary/aromatic N) is 4. The monoisotopic (exact) mass is 368 g/mol. The fourth-order valence-electron chi connectivity index (χ4n) is 3.90. The van der Waals surface area contributed by atoms with Crippen LogP contribution in [0.5, 0.6) is 0 Å². The highest BCUT2D eigenvalue weighted by molar-refractivity contribution is 6.30. The van der Waals surface area contributed by atoms with Crippen molar-refractivity contribution in [3.05, 3.63) is 52.3 Å². The van der Waals surface area contributed by atoms with Gasteiger partial charge in [0.15, 0.2) is 0 Å². The van der Waals surface area contributed by atoms with Gasteiger partial charge in [-0.3, -0.25) is 4.57 Å². The number of rotatable bonds is 2. The molecule has 5 rings (SSSR count). The van der Waals surface area contributed by atoms with E-state index in [0.717, 1.165) is 53.8 Å². The minimum atomic E-state index is -0.0913. The SMILES string of the molecule is O=c1[nH]c2cnc3[nH]ccc3c2n1[C@@H]1CCCN(c2ccc(Cl)cn2)C1. The smallest absolute Gasteiger partial charge is 0.326 e. The van der Waals surface area contributed by atoms with Gasteiger partial charge in [-0.25, -0.2) is 14.8 Å². The summed E-state index contributed by atoms with van der Waals surface area (Å²) in [4.78, 5) is 29.8. The summed E-state index contributed by atoms with van der Waals surface area (Å²) in [7, 11) is 0. The van der Waals surface area contributed by atoms with Crippen LogP contribution in [0.15, 0.2) is 41.6 Å². The van der Waals surface area contributed by atoms with E-state index in [-0.39, 0.29) is 11.7 Å². The molecule has 0 radical (unpaired) electrons. The second-order valence-electron chi connectivity index (χ2n) is 6.64. The predicted molar refractivity (Wildman–Crippen MR) is 102 cm³/mol. The largest absolute Gasteiger partial charge is 0.355 e. The molecular formula is C18H17ClN6O. The Hall–Kier alpha value is -2.80. The third-order valence-electron chi connectivity index (χ3n) is 5.06. The lowest BCUT2D eigenvalue weighted by Gasteiger charge is -2.34. The number of nitrogens with one attached hydrogen (secondary N) is 2. The van der Waals surface area contributed by atoms with Gasteiger partial charge in [-0.2, -0.15) is 0 Å². The average molecular weight is 369 g/mol. The molecule has 4 aromatic heterocycles. The number of fused-ring (bicyclic) bond motifs is 3. The first-order chi connectivity index (χ1) is 12.7. The maximum Gasteiger partial charge on any atom is 0.326 e. The van der Waals surface area contributed by atoms with Crippen LogP contribution in [0.3, 0.4) is 0 Å². The van der Waals surface area contributed by atoms with Gasteiger partial charge in [0.2, 0.25) is 0 Å². The first-order valence-electron chi connectivity index (χ1n) is 8.63. The number of hydrogen-bond donors (Lipinski definition) is 2. The number of anilines is 1. The fraction of sp³-hybridized carbons (Fsp3) is 0.278. The highest BCUT2D eigenvalue weighted by atomic mass is 35.5. The van der Waals surface area contributed by atoms with Crippen molar-refractivity contribution in [2.45, 2.75) is 18.9 Å². The molecule has 1 saturated heterocycles. The summed E-state index contributed by atoms with van der Waals surface area (Å²) in [5.74, 6) is 0.889. The van der Waals surface area contributed by atoms with Crippen molar-refractivity contribution in [2.24, 2.45) is 0 Å². The van der Waals surface area contributed by atoms with Gasteiger partial charge in [0.05, 0.1) is 28.3 Å². The second kappa shape index (κ2) is 5.88. The molecule has 1 atom stereocenters. The highest BCUT2D eigenvalue weighted by Crippen LogP contribution is 2.29. The van der Waals surface area contributed by atoms with E-state index in [9.17, 15) is 4.79 Å². The van der Waals surface area contributed by atoms with Crippen LogP contribution < -0.4 is 10.6 Å². The van der Waals surface area contributed by atoms with Crippen molar-refractivity contribution in [1.29, 1.82) is 0 Å². The third-order valence-corrected chi connectivity index (χ3v) is 5.28. The molecule has 1 aliphatic rings. The van der Waals surface area contributed by atoms with Crippen LogP contribution in [0, 0.1) is 0 Å². The van der Waals surface area contributed by atoms with Crippen LogP contribution in [0.4, 0.5) is 5.82 Å². The van der Waals surface area contributed by atoms with Crippen molar-refractivity contribution >= 4 is 39.5 Å². The van der Waals surface area contributed by atoms with E-state index in [1.165, 1.54) is 0 Å². The van der Waals surface area contributed by atoms with E-state index in [4.69, 9.17) is 11.6 Å². The second-order valence-corrected chi connectivity index (χ2v) is 7.07. The molecule has 0 saturated carbocycles. The number of pyridine rings is 2. The molecule has 8 heteroatoms. The van der Waals surface area contributed by atoms with Crippen LogP contribution in [0.25, 0.3) is 22.1 Å². The molecule has 4 aromatic rings. The van der Waals surface area contributed by atoms with Crippen LogP contribution in [-0.2, 0) is 0 Å². The zero-order valence-electron chi connectivity index (χ0n) is 13.9. The molecule has 0 aromatic carbocycles. The Bertz CT molecular complexity index is 1140. The van der Waals surface area contributed by atoms with Gasteiger partial charge in [0, 0.05) is 30.9 Å². The molecule has 0 bridgehead atoms. The van der Waals surface area contributed by atoms with Gasteiger partial charge in [-0.1, -0.05) is 11.6 Å². The lowest BCUT2D eigenvalue weighted by Crippen LogP contribution is -2.39. The van der Waals surface area contributed by atoms with Gasteiger partial charge < -0.3 is 14.9 Å². The van der Waals surface area contributed by atoms with Crippen molar-refractivity contribution in [3.8, 4) is 0 Å². The Labute approximate surface area is 153 Å². The number of aromatic nitrogens is 5. The molecule has 1 aliphatic heterocycles. The maximum absolute atomic E-state index is 12.7. The molecule has 7 nitrogen and oxygen atoms in total. The maximum atomic E-state index is 12.7. The quantitative estimate of drug-likeness (QED) is 0.569. The zero-order valence-corrected chi connectivity index (χ0v) is 14.7. The van der Waals surface area contributed by atoms with Crippen LogP contribution in [-0.4, -0.2) is 37.6 Å². The van der Waals surface area contributed by atoms with Crippen molar-refractivity contribution in [1.82, 2.24) is 24.5 Å². The van der Waals surface area contributed by atoms with Crippen molar-refractivity contribution < 1.29 is 0 Å². The number of aromatic amines is 2. The van der Waals surface area contributed by atoms with E-state index < -0.39 is 0 Å². The minimum absolute atomic E-state index is 0.0722. The first-order valence-corrected chi connectivity index (χ1v) is 9.01. The number of H-pyrrole nitrogens is 2. The van der Waals surface area contributed by atoms with E-state index in [1.807, 2.05) is 29.0 Å². The standard InChI is InChI=1S/C18H17ClN6O/c19-11-3-4-15(21-8-11)24-7-1-2-12(10-24)25-16-13-5-6-20-17(13)22-9-14(16)23-18(25)26/h3-6,8-9,12H,1-2,7,10H2,(H,20,22)(H,23,26)/t12-/m1/s1. The minimum Gasteiger partial charge on any atom is -0.355 e. The molecule has 132 valence electrons. The lowest BCUT2D eigenvalue weighted by atomic mass is 10.0. The normalized spacial score (nSPS) is 18.0. The van der Waals surface area contributed by atoms with Crippen LogP contribution >= 0.6 is 11.6 Å². The number of hydrogen-bond acceptors (Lipinski definition) is 4. The molecule has 0 amide bonds. The van der Waals surface area contributed by atoms with E-state index in [2.05, 4.69) is 24.8 Å². The van der Waals surface area contributed by atoms with Gasteiger partial charge >= 0.3 is 5.69 Å². The Morgan fingerprint density at radius 3 is 2.96 bits per heavy atom. The van der Waals surface area contributed by atoms with E-state index in [0.29, 0.717) is 5.02 Å². The molecular weight excluding hydrogens is 352 g/mol. The molecule has 26 heavy (non-hydrogen) atoms. The summed E-state index contributed by atoms with van der Waals surface area (Å²) >= 11 is 5.95. The topological polar surface area (TPSA) is 82.6 Å². The lowest BCUT2D eigenvalue weighted by molar-refractivity contribution is 0.404. The number of piperidine rings is 1. The van der Waals surface area contributed by atoms with E-state index in [1.54, 1.807) is 12.4 Å². The highest BCUT2D eigenvalue weighted by Gasteiger charge is 2.26. The molecule has 0 unspecified atom stereocenters. The molecule has 0 spiro atoms. The molecule has 2 N–H and O–H groups in total. The van der Waals surface area contributed by atoms with Crippen LogP contribution in [0.2, 0.25) is 5.02 Å². The summed E-state index contributed by atoms with van der Waals surface area (Å²) in [6.45, 7) is 1.65. The third kappa shape index (κ3) is 2.39. The molecule has 0 aliphatic carbocycles. The summed E-state index contributed by atoms with van der Waals surface area (Å²) in [5.41, 5.74) is 2.38. The Morgan fingerprint density at radius 2 is 2.12 bits per heavy atom. The summed E-state index contributed by atoms with van der Waals surface area (Å²) in [5, 5.41) is 1.58. The Kier molecular flexibility index (Phi) is 3.49. The van der Waals surface area contributed by atoms with Crippen molar-refractivity contribution in [3.63, 3.8) is 0 Å². The fourth-order valence-corrected chi connectivity index (χ4v) is 4.01. The summed E-state index contributed by atoms with van der Waals surface area (Å²) in [6.07, 6.45) is 7.17. The predicted octanol–water partition coefficient (Wildman–Crippen LogP) is 3.10. The van der Waals surface area contributed by atoms with Gasteiger partial charge in [-0.15, -0.1) is 0 Å². The Balaban J connectivity index is 1.59. The van der Waals surface area contributed by atoms with Gasteiger partial charge in [0.1, 0.15) is 11.5 Å². The van der Waals surface area contributed by atoms with E-state index >= 15 is 0 Å².